The molecular weight excluding hydrogens is 376 g/mol. The topological polar surface area (TPSA) is 81.4 Å². The molecule has 1 fully saturated rings. The molecule has 0 spiro atoms. The highest BCUT2D eigenvalue weighted by molar-refractivity contribution is 9.10. The van der Waals surface area contributed by atoms with E-state index in [-0.39, 0.29) is 15.4 Å². The lowest BCUT2D eigenvalue weighted by Crippen LogP contribution is -2.45. The van der Waals surface area contributed by atoms with E-state index < -0.39 is 10.0 Å². The fourth-order valence-electron chi connectivity index (χ4n) is 2.25. The Morgan fingerprint density at radius 2 is 2.14 bits per heavy atom. The van der Waals surface area contributed by atoms with Crippen molar-refractivity contribution in [3.63, 3.8) is 0 Å². The quantitative estimate of drug-likeness (QED) is 0.724. The van der Waals surface area contributed by atoms with E-state index in [1.807, 2.05) is 6.26 Å². The van der Waals surface area contributed by atoms with Crippen LogP contribution in [0.2, 0.25) is 0 Å². The molecule has 1 aliphatic rings. The predicted octanol–water partition coefficient (Wildman–Crippen LogP) is 2.60. The highest BCUT2D eigenvalue weighted by Gasteiger charge is 2.37. The first-order chi connectivity index (χ1) is 9.83. The van der Waals surface area contributed by atoms with Gasteiger partial charge in [-0.15, -0.1) is 0 Å². The molecule has 1 aliphatic carbocycles. The third-order valence-electron chi connectivity index (χ3n) is 3.85. The van der Waals surface area contributed by atoms with Gasteiger partial charge in [-0.2, -0.15) is 11.8 Å². The largest absolute Gasteiger partial charge is 0.495 e. The highest BCUT2D eigenvalue weighted by Crippen LogP contribution is 2.42. The maximum atomic E-state index is 12.5. The van der Waals surface area contributed by atoms with Crippen molar-refractivity contribution in [3.05, 3.63) is 16.6 Å². The molecule has 1 saturated carbocycles. The molecule has 0 heterocycles. The van der Waals surface area contributed by atoms with Crippen molar-refractivity contribution in [2.45, 2.75) is 28.9 Å². The minimum absolute atomic E-state index is 0.0290. The van der Waals surface area contributed by atoms with E-state index in [4.69, 9.17) is 10.5 Å². The monoisotopic (exact) mass is 394 g/mol. The van der Waals surface area contributed by atoms with E-state index in [1.165, 1.54) is 13.2 Å². The lowest BCUT2D eigenvalue weighted by atomic mass is 9.84. The molecule has 0 unspecified atom stereocenters. The van der Waals surface area contributed by atoms with Crippen LogP contribution in [0.5, 0.6) is 5.75 Å². The summed E-state index contributed by atoms with van der Waals surface area (Å²) >= 11 is 4.99. The first-order valence-electron chi connectivity index (χ1n) is 6.51. The van der Waals surface area contributed by atoms with Gasteiger partial charge < -0.3 is 10.5 Å². The third-order valence-corrected chi connectivity index (χ3v) is 7.38. The van der Waals surface area contributed by atoms with Crippen LogP contribution in [-0.2, 0) is 10.0 Å². The Labute approximate surface area is 138 Å². The van der Waals surface area contributed by atoms with Crippen LogP contribution in [0.15, 0.2) is 21.5 Å². The fraction of sp³-hybridized carbons (Fsp3) is 0.538. The van der Waals surface area contributed by atoms with Crippen molar-refractivity contribution < 1.29 is 13.2 Å². The standard InChI is InChI=1S/C13H19BrN2O3S2/c1-19-11-6-9(14)10(15)7-12(11)21(17,18)16-8-13(20-2)4-3-5-13/h6-7,16H,3-5,8,15H2,1-2H3. The molecule has 0 aliphatic heterocycles. The van der Waals surface area contributed by atoms with E-state index >= 15 is 0 Å². The Morgan fingerprint density at radius 1 is 1.48 bits per heavy atom. The van der Waals surface area contributed by atoms with E-state index in [1.54, 1.807) is 17.8 Å². The summed E-state index contributed by atoms with van der Waals surface area (Å²) in [5.41, 5.74) is 6.15. The second kappa shape index (κ2) is 6.36. The SMILES string of the molecule is COc1cc(Br)c(N)cc1S(=O)(=O)NCC1(SC)CCC1. The van der Waals surface area contributed by atoms with E-state index in [0.29, 0.717) is 16.7 Å². The van der Waals surface area contributed by atoms with Gasteiger partial charge in [0.1, 0.15) is 10.6 Å². The van der Waals surface area contributed by atoms with Crippen molar-refractivity contribution in [2.24, 2.45) is 0 Å². The van der Waals surface area contributed by atoms with Gasteiger partial charge in [-0.3, -0.25) is 0 Å². The van der Waals surface area contributed by atoms with E-state index in [2.05, 4.69) is 20.7 Å². The van der Waals surface area contributed by atoms with Crippen molar-refractivity contribution in [2.75, 3.05) is 25.6 Å². The lowest BCUT2D eigenvalue weighted by molar-refractivity contribution is 0.361. The number of methoxy groups -OCH3 is 1. The molecule has 5 nitrogen and oxygen atoms in total. The number of benzene rings is 1. The Balaban J connectivity index is 2.25. The van der Waals surface area contributed by atoms with Crippen LogP contribution < -0.4 is 15.2 Å². The van der Waals surface area contributed by atoms with Crippen LogP contribution in [0, 0.1) is 0 Å². The molecule has 2 rings (SSSR count). The summed E-state index contributed by atoms with van der Waals surface area (Å²) in [7, 11) is -2.21. The number of thioether (sulfide) groups is 1. The average Bonchev–Trinajstić information content (AvgIpc) is 2.40. The van der Waals surface area contributed by atoms with Gasteiger partial charge in [0.25, 0.3) is 0 Å². The van der Waals surface area contributed by atoms with Crippen LogP contribution in [0.4, 0.5) is 5.69 Å². The molecular formula is C13H19BrN2O3S2. The zero-order valence-electron chi connectivity index (χ0n) is 12.0. The summed E-state index contributed by atoms with van der Waals surface area (Å²) in [5, 5.41) is 0. The first kappa shape index (κ1) is 16.9. The number of anilines is 1. The van der Waals surface area contributed by atoms with Crippen LogP contribution in [-0.4, -0.2) is 33.1 Å². The summed E-state index contributed by atoms with van der Waals surface area (Å²) < 4.78 is 33.5. The molecule has 0 amide bonds. The number of halogens is 1. The molecule has 0 radical (unpaired) electrons. The molecule has 21 heavy (non-hydrogen) atoms. The number of rotatable bonds is 6. The van der Waals surface area contributed by atoms with Crippen molar-refractivity contribution in [1.82, 2.24) is 4.72 Å². The number of nitrogens with two attached hydrogens (primary N) is 1. The zero-order chi connectivity index (χ0) is 15.7. The molecule has 8 heteroatoms. The molecule has 3 N–H and O–H groups in total. The van der Waals surface area contributed by atoms with Gasteiger partial charge in [0, 0.05) is 21.5 Å². The molecule has 0 bridgehead atoms. The highest BCUT2D eigenvalue weighted by atomic mass is 79.9. The number of nitrogen functional groups attached to an aromatic ring is 1. The summed E-state index contributed by atoms with van der Waals surface area (Å²) in [6.07, 6.45) is 5.25. The first-order valence-corrected chi connectivity index (χ1v) is 10.0. The van der Waals surface area contributed by atoms with Gasteiger partial charge in [-0.05, 0) is 47.2 Å². The molecule has 0 aromatic heterocycles. The fourth-order valence-corrected chi connectivity index (χ4v) is 4.89. The molecule has 118 valence electrons. The average molecular weight is 395 g/mol. The number of nitrogens with one attached hydrogen (secondary N) is 1. The lowest BCUT2D eigenvalue weighted by Gasteiger charge is -2.40. The smallest absolute Gasteiger partial charge is 0.244 e. The number of hydrogen-bond acceptors (Lipinski definition) is 5. The maximum Gasteiger partial charge on any atom is 0.244 e. The van der Waals surface area contributed by atoms with E-state index in [9.17, 15) is 8.42 Å². The molecule has 1 aromatic carbocycles. The van der Waals surface area contributed by atoms with Crippen molar-refractivity contribution in [1.29, 1.82) is 0 Å². The van der Waals surface area contributed by atoms with Gasteiger partial charge in [0.15, 0.2) is 0 Å². The minimum atomic E-state index is -3.65. The van der Waals surface area contributed by atoms with Gasteiger partial charge in [0.2, 0.25) is 10.0 Å². The van der Waals surface area contributed by atoms with Crippen molar-refractivity contribution >= 4 is 43.4 Å². The minimum Gasteiger partial charge on any atom is -0.495 e. The Kier molecular flexibility index (Phi) is 5.12. The van der Waals surface area contributed by atoms with Gasteiger partial charge in [-0.25, -0.2) is 13.1 Å². The molecule has 0 atom stereocenters. The number of ether oxygens (including phenoxy) is 1. The number of sulfonamides is 1. The Morgan fingerprint density at radius 3 is 2.62 bits per heavy atom. The summed E-state index contributed by atoms with van der Waals surface area (Å²) in [5.74, 6) is 0.274. The van der Waals surface area contributed by atoms with E-state index in [0.717, 1.165) is 19.3 Å². The molecule has 0 saturated heterocycles. The third kappa shape index (κ3) is 3.49. The van der Waals surface area contributed by atoms with Crippen LogP contribution >= 0.6 is 27.7 Å². The van der Waals surface area contributed by atoms with Gasteiger partial charge in [-0.1, -0.05) is 6.42 Å². The van der Waals surface area contributed by atoms with Gasteiger partial charge in [0.05, 0.1) is 7.11 Å². The van der Waals surface area contributed by atoms with Gasteiger partial charge >= 0.3 is 0 Å². The van der Waals surface area contributed by atoms with Crippen LogP contribution in [0.1, 0.15) is 19.3 Å². The summed E-state index contributed by atoms with van der Waals surface area (Å²) in [4.78, 5) is 0.0706. The second-order valence-corrected chi connectivity index (χ2v) is 8.95. The zero-order valence-corrected chi connectivity index (χ0v) is 15.2. The summed E-state index contributed by atoms with van der Waals surface area (Å²) in [6.45, 7) is 0.426. The normalized spacial score (nSPS) is 17.3. The summed E-state index contributed by atoms with van der Waals surface area (Å²) in [6, 6.07) is 2.98. The van der Waals surface area contributed by atoms with Crippen molar-refractivity contribution in [3.8, 4) is 5.75 Å². The van der Waals surface area contributed by atoms with Crippen LogP contribution in [0.25, 0.3) is 0 Å². The molecule has 1 aromatic rings. The predicted molar refractivity (Wildman–Crippen MR) is 90.4 cm³/mol. The Hall–Kier alpha value is -0.440. The second-order valence-electron chi connectivity index (χ2n) is 5.09. The van der Waals surface area contributed by atoms with Crippen LogP contribution in [0.3, 0.4) is 0 Å². The number of hydrogen-bond donors (Lipinski definition) is 2. The maximum absolute atomic E-state index is 12.5. The Bertz CT molecular complexity index is 625.